The molecule has 104 valence electrons. The van der Waals surface area contributed by atoms with Gasteiger partial charge in [0.05, 0.1) is 5.69 Å². The third-order valence-corrected chi connectivity index (χ3v) is 4.00. The van der Waals surface area contributed by atoms with E-state index in [2.05, 4.69) is 10.2 Å². The van der Waals surface area contributed by atoms with Crippen LogP contribution in [0.2, 0.25) is 0 Å². The first-order valence-electron chi connectivity index (χ1n) is 6.94. The molecule has 1 heterocycles. The smallest absolute Gasteiger partial charge is 0.339 e. The topological polar surface area (TPSA) is 66.3 Å². The highest BCUT2D eigenvalue weighted by Gasteiger charge is 2.29. The molecule has 1 aliphatic rings. The molecule has 1 aliphatic carbocycles. The minimum absolute atomic E-state index is 0.337. The van der Waals surface area contributed by atoms with E-state index in [-0.39, 0.29) is 0 Å². The predicted molar refractivity (Wildman–Crippen MR) is 73.8 cm³/mol. The summed E-state index contributed by atoms with van der Waals surface area (Å²) in [6, 6.07) is 0.407. The lowest BCUT2D eigenvalue weighted by Gasteiger charge is -2.36. The molecule has 0 radical (unpaired) electrons. The van der Waals surface area contributed by atoms with Crippen molar-refractivity contribution < 1.29 is 9.90 Å². The van der Waals surface area contributed by atoms with Crippen LogP contribution in [-0.2, 0) is 12.8 Å². The van der Waals surface area contributed by atoms with Crippen molar-refractivity contribution in [3.63, 3.8) is 0 Å². The van der Waals surface area contributed by atoms with E-state index in [1.54, 1.807) is 0 Å². The summed E-state index contributed by atoms with van der Waals surface area (Å²) in [5.41, 5.74) is 1.96. The van der Waals surface area contributed by atoms with Crippen LogP contribution in [0, 0.1) is 0 Å². The summed E-state index contributed by atoms with van der Waals surface area (Å²) in [5, 5.41) is 17.9. The first-order valence-corrected chi connectivity index (χ1v) is 6.94. The van der Waals surface area contributed by atoms with E-state index < -0.39 is 5.97 Å². The number of rotatable bonds is 5. The van der Waals surface area contributed by atoms with Crippen LogP contribution in [0.1, 0.15) is 54.7 Å². The van der Waals surface area contributed by atoms with Gasteiger partial charge < -0.3 is 10.0 Å². The molecule has 0 atom stereocenters. The van der Waals surface area contributed by atoms with Crippen molar-refractivity contribution in [1.29, 1.82) is 0 Å². The molecule has 1 saturated carbocycles. The Morgan fingerprint density at radius 2 is 2.00 bits per heavy atom. The van der Waals surface area contributed by atoms with Crippen LogP contribution in [0.3, 0.4) is 0 Å². The SMILES string of the molecule is CCc1nnc(N(C)C2CCC2)c(C(=O)O)c1CC. The first kappa shape index (κ1) is 13.8. The fraction of sp³-hybridized carbons (Fsp3) is 0.643. The molecular formula is C14H21N3O2. The number of aryl methyl sites for hydroxylation is 1. The molecule has 1 aromatic rings. The molecule has 1 fully saturated rings. The maximum absolute atomic E-state index is 11.6. The lowest BCUT2D eigenvalue weighted by Crippen LogP contribution is -2.39. The van der Waals surface area contributed by atoms with Gasteiger partial charge >= 0.3 is 5.97 Å². The van der Waals surface area contributed by atoms with E-state index in [0.29, 0.717) is 30.3 Å². The minimum atomic E-state index is -0.900. The van der Waals surface area contributed by atoms with E-state index in [1.807, 2.05) is 25.8 Å². The molecule has 1 aromatic heterocycles. The summed E-state index contributed by atoms with van der Waals surface area (Å²) in [7, 11) is 1.92. The second kappa shape index (κ2) is 5.55. The number of hydrogen-bond donors (Lipinski definition) is 1. The largest absolute Gasteiger partial charge is 0.478 e. The Bertz CT molecular complexity index is 484. The van der Waals surface area contributed by atoms with Gasteiger partial charge in [0.2, 0.25) is 0 Å². The van der Waals surface area contributed by atoms with Crippen molar-refractivity contribution in [1.82, 2.24) is 10.2 Å². The zero-order valence-electron chi connectivity index (χ0n) is 11.8. The van der Waals surface area contributed by atoms with Gasteiger partial charge in [0.15, 0.2) is 5.82 Å². The summed E-state index contributed by atoms with van der Waals surface area (Å²) >= 11 is 0. The number of carbonyl (C=O) groups is 1. The van der Waals surface area contributed by atoms with Crippen molar-refractivity contribution in [2.24, 2.45) is 0 Å². The van der Waals surface area contributed by atoms with Gasteiger partial charge in [-0.2, -0.15) is 5.10 Å². The van der Waals surface area contributed by atoms with Gasteiger partial charge in [-0.25, -0.2) is 4.79 Å². The van der Waals surface area contributed by atoms with Crippen molar-refractivity contribution >= 4 is 11.8 Å². The standard InChI is InChI=1S/C14H21N3O2/c1-4-10-11(5-2)15-16-13(12(10)14(18)19)17(3)9-7-6-8-9/h9H,4-8H2,1-3H3,(H,18,19). The molecule has 0 saturated heterocycles. The Hall–Kier alpha value is -1.65. The van der Waals surface area contributed by atoms with Crippen LogP contribution in [-0.4, -0.2) is 34.4 Å². The van der Waals surface area contributed by atoms with Crippen molar-refractivity contribution in [2.45, 2.75) is 52.0 Å². The third kappa shape index (κ3) is 2.41. The van der Waals surface area contributed by atoms with Gasteiger partial charge in [-0.05, 0) is 37.7 Å². The number of aromatic carboxylic acids is 1. The number of carboxylic acids is 1. The number of aromatic nitrogens is 2. The summed E-state index contributed by atoms with van der Waals surface area (Å²) in [6.07, 6.45) is 4.80. The average molecular weight is 263 g/mol. The molecule has 19 heavy (non-hydrogen) atoms. The van der Waals surface area contributed by atoms with E-state index in [0.717, 1.165) is 24.1 Å². The van der Waals surface area contributed by atoms with Crippen molar-refractivity contribution in [3.05, 3.63) is 16.8 Å². The number of hydrogen-bond acceptors (Lipinski definition) is 4. The lowest BCUT2D eigenvalue weighted by molar-refractivity contribution is 0.0695. The summed E-state index contributed by atoms with van der Waals surface area (Å²) in [6.45, 7) is 3.94. The quantitative estimate of drug-likeness (QED) is 0.882. The van der Waals surface area contributed by atoms with Crippen LogP contribution in [0.5, 0.6) is 0 Å². The summed E-state index contributed by atoms with van der Waals surface area (Å²) < 4.78 is 0. The normalized spacial score (nSPS) is 15.1. The highest BCUT2D eigenvalue weighted by Crippen LogP contribution is 2.30. The average Bonchev–Trinajstić information content (AvgIpc) is 2.34. The van der Waals surface area contributed by atoms with Crippen LogP contribution >= 0.6 is 0 Å². The highest BCUT2D eigenvalue weighted by molar-refractivity contribution is 5.95. The van der Waals surface area contributed by atoms with Crippen LogP contribution in [0.4, 0.5) is 5.82 Å². The summed E-state index contributed by atoms with van der Waals surface area (Å²) in [4.78, 5) is 13.6. The summed E-state index contributed by atoms with van der Waals surface area (Å²) in [5.74, 6) is -0.381. The minimum Gasteiger partial charge on any atom is -0.478 e. The Balaban J connectivity index is 2.50. The molecule has 0 aliphatic heterocycles. The monoisotopic (exact) mass is 263 g/mol. The first-order chi connectivity index (χ1) is 9.10. The Morgan fingerprint density at radius 3 is 2.42 bits per heavy atom. The molecule has 0 unspecified atom stereocenters. The van der Waals surface area contributed by atoms with E-state index in [9.17, 15) is 9.90 Å². The van der Waals surface area contributed by atoms with E-state index >= 15 is 0 Å². The van der Waals surface area contributed by atoms with Gasteiger partial charge in [-0.3, -0.25) is 0 Å². The van der Waals surface area contributed by atoms with Gasteiger partial charge in [0, 0.05) is 13.1 Å². The third-order valence-electron chi connectivity index (χ3n) is 4.00. The second-order valence-corrected chi connectivity index (χ2v) is 5.03. The zero-order chi connectivity index (χ0) is 14.0. The Kier molecular flexibility index (Phi) is 4.02. The van der Waals surface area contributed by atoms with Crippen molar-refractivity contribution in [3.8, 4) is 0 Å². The molecule has 5 heteroatoms. The Labute approximate surface area is 113 Å². The lowest BCUT2D eigenvalue weighted by atomic mass is 9.91. The van der Waals surface area contributed by atoms with Crippen LogP contribution < -0.4 is 4.90 Å². The number of carboxylic acid groups (broad SMARTS) is 1. The van der Waals surface area contributed by atoms with Gasteiger partial charge in [0.25, 0.3) is 0 Å². The van der Waals surface area contributed by atoms with Crippen LogP contribution in [0.25, 0.3) is 0 Å². The molecule has 2 rings (SSSR count). The zero-order valence-corrected chi connectivity index (χ0v) is 11.8. The fourth-order valence-electron chi connectivity index (χ4n) is 2.58. The number of nitrogens with zero attached hydrogens (tertiary/aromatic N) is 3. The molecule has 1 N–H and O–H groups in total. The van der Waals surface area contributed by atoms with Gasteiger partial charge in [-0.15, -0.1) is 5.10 Å². The molecular weight excluding hydrogens is 242 g/mol. The Morgan fingerprint density at radius 1 is 1.32 bits per heavy atom. The fourth-order valence-corrected chi connectivity index (χ4v) is 2.58. The van der Waals surface area contributed by atoms with Crippen LogP contribution in [0.15, 0.2) is 0 Å². The number of anilines is 1. The molecule has 0 spiro atoms. The molecule has 0 amide bonds. The maximum Gasteiger partial charge on any atom is 0.339 e. The van der Waals surface area contributed by atoms with Gasteiger partial charge in [0.1, 0.15) is 5.56 Å². The predicted octanol–water partition coefficient (Wildman–Crippen LogP) is 2.29. The molecule has 5 nitrogen and oxygen atoms in total. The second-order valence-electron chi connectivity index (χ2n) is 5.03. The van der Waals surface area contributed by atoms with E-state index in [4.69, 9.17) is 0 Å². The molecule has 0 aromatic carbocycles. The highest BCUT2D eigenvalue weighted by atomic mass is 16.4. The van der Waals surface area contributed by atoms with E-state index in [1.165, 1.54) is 6.42 Å². The van der Waals surface area contributed by atoms with Crippen molar-refractivity contribution in [2.75, 3.05) is 11.9 Å². The molecule has 0 bridgehead atoms. The maximum atomic E-state index is 11.6. The van der Waals surface area contributed by atoms with Gasteiger partial charge in [-0.1, -0.05) is 13.8 Å².